The zero-order valence-electron chi connectivity index (χ0n) is 17.4. The van der Waals surface area contributed by atoms with Crippen LogP contribution in [0.3, 0.4) is 0 Å². The van der Waals surface area contributed by atoms with E-state index >= 15 is 0 Å². The minimum Gasteiger partial charge on any atom is -0.508 e. The van der Waals surface area contributed by atoms with Crippen molar-refractivity contribution in [3.05, 3.63) is 65.1 Å². The summed E-state index contributed by atoms with van der Waals surface area (Å²) in [6, 6.07) is 16.6. The minimum absolute atomic E-state index is 0.0219. The molecule has 0 saturated carbocycles. The molecule has 2 N–H and O–H groups in total. The molecule has 154 valence electrons. The first kappa shape index (κ1) is 19.7. The first-order valence-electron chi connectivity index (χ1n) is 9.81. The molecule has 3 aromatic carbocycles. The molecule has 4 rings (SSSR count). The number of hydrazone groups is 1. The molecule has 0 aliphatic carbocycles. The number of hydrogen-bond acceptors (Lipinski definition) is 7. The van der Waals surface area contributed by atoms with Crippen molar-refractivity contribution >= 4 is 28.0 Å². The van der Waals surface area contributed by atoms with Gasteiger partial charge < -0.3 is 9.84 Å². The molecule has 0 unspecified atom stereocenters. The number of aromatic hydroxyl groups is 1. The number of nitrogens with zero attached hydrogens (tertiary/aromatic N) is 3. The number of anilines is 1. The molecule has 0 aromatic heterocycles. The van der Waals surface area contributed by atoms with Crippen LogP contribution in [0.25, 0.3) is 10.8 Å². The second-order valence-corrected chi connectivity index (χ2v) is 8.06. The monoisotopic (exact) mass is 404 g/mol. The summed E-state index contributed by atoms with van der Waals surface area (Å²) in [4.78, 5) is 13.5. The fraction of sp³-hybridized carbons (Fsp3) is 0.261. The van der Waals surface area contributed by atoms with Gasteiger partial charge in [0.2, 0.25) is 0 Å². The van der Waals surface area contributed by atoms with E-state index < -0.39 is 5.66 Å². The molecule has 0 bridgehead atoms. The normalized spacial score (nSPS) is 15.2. The lowest BCUT2D eigenvalue weighted by molar-refractivity contribution is 0.243. The first-order valence-corrected chi connectivity index (χ1v) is 9.81. The average Bonchev–Trinajstić information content (AvgIpc) is 3.01. The van der Waals surface area contributed by atoms with E-state index in [1.807, 2.05) is 69.0 Å². The molecule has 7 heteroatoms. The summed E-state index contributed by atoms with van der Waals surface area (Å²) in [5, 5.41) is 19.4. The number of amidine groups is 1. The van der Waals surface area contributed by atoms with E-state index in [1.54, 1.807) is 6.07 Å². The molecule has 1 aliphatic rings. The van der Waals surface area contributed by atoms with Crippen LogP contribution in [0.5, 0.6) is 11.5 Å². The number of rotatable bonds is 5. The van der Waals surface area contributed by atoms with Crippen LogP contribution in [-0.2, 0) is 0 Å². The SMILES string of the molecule is CC(C)Oc1ccc2cccc(N3C(c4ccc(O)cc4N=O)=NNC3(C)C)c2c1. The molecule has 0 amide bonds. The molecule has 0 saturated heterocycles. The van der Waals surface area contributed by atoms with Crippen molar-refractivity contribution in [3.8, 4) is 11.5 Å². The lowest BCUT2D eigenvalue weighted by Crippen LogP contribution is -2.49. The van der Waals surface area contributed by atoms with Gasteiger partial charge in [0.25, 0.3) is 0 Å². The predicted octanol–water partition coefficient (Wildman–Crippen LogP) is 5.24. The Labute approximate surface area is 174 Å². The summed E-state index contributed by atoms with van der Waals surface area (Å²) in [6.07, 6.45) is 0.0647. The number of nitrogens with one attached hydrogen (secondary N) is 1. The molecule has 0 radical (unpaired) electrons. The maximum Gasteiger partial charge on any atom is 0.164 e. The van der Waals surface area contributed by atoms with Gasteiger partial charge in [0.1, 0.15) is 22.8 Å². The van der Waals surface area contributed by atoms with E-state index in [4.69, 9.17) is 4.74 Å². The highest BCUT2D eigenvalue weighted by atomic mass is 16.5. The summed E-state index contributed by atoms with van der Waals surface area (Å²) in [5.74, 6) is 1.32. The second kappa shape index (κ2) is 7.33. The summed E-state index contributed by atoms with van der Waals surface area (Å²) < 4.78 is 5.90. The lowest BCUT2D eigenvalue weighted by atomic mass is 10.0. The van der Waals surface area contributed by atoms with Gasteiger partial charge in [0, 0.05) is 17.0 Å². The Kier molecular flexibility index (Phi) is 4.81. The molecule has 30 heavy (non-hydrogen) atoms. The Morgan fingerprint density at radius 2 is 1.93 bits per heavy atom. The largest absolute Gasteiger partial charge is 0.508 e. The highest BCUT2D eigenvalue weighted by Gasteiger charge is 2.38. The molecule has 1 aliphatic heterocycles. The van der Waals surface area contributed by atoms with Crippen LogP contribution >= 0.6 is 0 Å². The molecule has 1 heterocycles. The van der Waals surface area contributed by atoms with Gasteiger partial charge in [-0.3, -0.25) is 10.3 Å². The Morgan fingerprint density at radius 1 is 1.13 bits per heavy atom. The number of phenols is 1. The Bertz CT molecular complexity index is 1150. The fourth-order valence-electron chi connectivity index (χ4n) is 3.71. The zero-order chi connectivity index (χ0) is 21.5. The fourth-order valence-corrected chi connectivity index (χ4v) is 3.71. The molecule has 0 spiro atoms. The molecule has 0 atom stereocenters. The molecule has 0 fully saturated rings. The van der Waals surface area contributed by atoms with Gasteiger partial charge in [-0.15, -0.1) is 4.91 Å². The predicted molar refractivity (Wildman–Crippen MR) is 120 cm³/mol. The lowest BCUT2D eigenvalue weighted by Gasteiger charge is -2.34. The molecule has 3 aromatic rings. The van der Waals surface area contributed by atoms with Gasteiger partial charge >= 0.3 is 0 Å². The van der Waals surface area contributed by atoms with Crippen molar-refractivity contribution in [1.29, 1.82) is 0 Å². The quantitative estimate of drug-likeness (QED) is 0.568. The van der Waals surface area contributed by atoms with Gasteiger partial charge in [-0.2, -0.15) is 5.10 Å². The van der Waals surface area contributed by atoms with E-state index in [0.717, 1.165) is 22.2 Å². The van der Waals surface area contributed by atoms with Crippen LogP contribution in [0, 0.1) is 4.91 Å². The third-order valence-electron chi connectivity index (χ3n) is 4.97. The number of hydrogen-bond donors (Lipinski definition) is 2. The van der Waals surface area contributed by atoms with Crippen LogP contribution in [0.4, 0.5) is 11.4 Å². The Hall–Kier alpha value is -3.61. The topological polar surface area (TPSA) is 86.5 Å². The first-order chi connectivity index (χ1) is 14.3. The summed E-state index contributed by atoms with van der Waals surface area (Å²) in [5.41, 5.74) is 4.17. The number of phenolic OH excluding ortho intramolecular Hbond substituents is 1. The van der Waals surface area contributed by atoms with Crippen molar-refractivity contribution in [3.63, 3.8) is 0 Å². The molecular formula is C23H24N4O3. The second-order valence-electron chi connectivity index (χ2n) is 8.06. The standard InChI is InChI=1S/C23H24N4O3/c1-14(2)30-17-10-8-15-6-5-7-21(19(15)13-17)27-22(24-26-23(27,3)4)18-11-9-16(28)12-20(18)25-29/h5-14,26,28H,1-4H3. The smallest absolute Gasteiger partial charge is 0.164 e. The van der Waals surface area contributed by atoms with Crippen molar-refractivity contribution < 1.29 is 9.84 Å². The van der Waals surface area contributed by atoms with E-state index in [2.05, 4.69) is 15.7 Å². The van der Waals surface area contributed by atoms with Gasteiger partial charge in [0.05, 0.1) is 11.8 Å². The maximum atomic E-state index is 11.4. The van der Waals surface area contributed by atoms with Gasteiger partial charge in [-0.25, -0.2) is 0 Å². The summed E-state index contributed by atoms with van der Waals surface area (Å²) in [7, 11) is 0. The van der Waals surface area contributed by atoms with Crippen LogP contribution < -0.4 is 15.1 Å². The van der Waals surface area contributed by atoms with Gasteiger partial charge in [0.15, 0.2) is 5.84 Å². The number of fused-ring (bicyclic) bond motifs is 1. The molecule has 7 nitrogen and oxygen atoms in total. The van der Waals surface area contributed by atoms with Gasteiger partial charge in [-0.05, 0) is 68.6 Å². The van der Waals surface area contributed by atoms with Crippen molar-refractivity contribution in [2.45, 2.75) is 39.5 Å². The number of benzene rings is 3. The Morgan fingerprint density at radius 3 is 2.67 bits per heavy atom. The summed E-state index contributed by atoms with van der Waals surface area (Å²) in [6.45, 7) is 8.00. The van der Waals surface area contributed by atoms with Crippen LogP contribution in [0.1, 0.15) is 33.3 Å². The highest BCUT2D eigenvalue weighted by Crippen LogP contribution is 2.38. The van der Waals surface area contributed by atoms with Crippen LogP contribution in [0.2, 0.25) is 0 Å². The van der Waals surface area contributed by atoms with E-state index in [9.17, 15) is 10.0 Å². The zero-order valence-corrected chi connectivity index (χ0v) is 17.4. The third-order valence-corrected chi connectivity index (χ3v) is 4.97. The average molecular weight is 404 g/mol. The minimum atomic E-state index is -0.559. The van der Waals surface area contributed by atoms with Gasteiger partial charge in [-0.1, -0.05) is 18.2 Å². The van der Waals surface area contributed by atoms with Crippen molar-refractivity contribution in [2.24, 2.45) is 10.3 Å². The van der Waals surface area contributed by atoms with Crippen LogP contribution in [-0.4, -0.2) is 22.7 Å². The van der Waals surface area contributed by atoms with Crippen molar-refractivity contribution in [2.75, 3.05) is 4.90 Å². The third kappa shape index (κ3) is 3.43. The number of nitroso groups, excluding NO2 is 1. The van der Waals surface area contributed by atoms with E-state index in [0.29, 0.717) is 11.4 Å². The van der Waals surface area contributed by atoms with E-state index in [-0.39, 0.29) is 17.5 Å². The highest BCUT2D eigenvalue weighted by molar-refractivity contribution is 6.17. The van der Waals surface area contributed by atoms with E-state index in [1.165, 1.54) is 12.1 Å². The maximum absolute atomic E-state index is 11.4. The molecular weight excluding hydrogens is 380 g/mol. The van der Waals surface area contributed by atoms with Crippen molar-refractivity contribution in [1.82, 2.24) is 5.43 Å². The summed E-state index contributed by atoms with van der Waals surface area (Å²) >= 11 is 0. The Balaban J connectivity index is 1.90. The van der Waals surface area contributed by atoms with Crippen LogP contribution in [0.15, 0.2) is 64.9 Å². The number of ether oxygens (including phenoxy) is 1.